The smallest absolute Gasteiger partial charge is 0.227 e. The van der Waals surface area contributed by atoms with Crippen LogP contribution in [0.25, 0.3) is 10.9 Å². The molecule has 0 radical (unpaired) electrons. The quantitative estimate of drug-likeness (QED) is 0.635. The number of anilines is 2. The molecular weight excluding hydrogens is 372 g/mol. The van der Waals surface area contributed by atoms with Crippen molar-refractivity contribution in [1.29, 1.82) is 0 Å². The molecule has 28 heavy (non-hydrogen) atoms. The van der Waals surface area contributed by atoms with E-state index >= 15 is 0 Å². The number of rotatable bonds is 5. The van der Waals surface area contributed by atoms with Gasteiger partial charge in [-0.15, -0.1) is 0 Å². The molecule has 1 N–H and O–H groups in total. The molecule has 1 aliphatic heterocycles. The number of hydrogen-bond donors (Lipinski definition) is 1. The van der Waals surface area contributed by atoms with Crippen molar-refractivity contribution in [2.75, 3.05) is 18.4 Å². The summed E-state index contributed by atoms with van der Waals surface area (Å²) in [7, 11) is 0. The monoisotopic (exact) mass is 396 g/mol. The molecular formula is C22H25ClN4O. The van der Waals surface area contributed by atoms with Gasteiger partial charge in [-0.1, -0.05) is 29.8 Å². The van der Waals surface area contributed by atoms with Gasteiger partial charge in [0.05, 0.1) is 0 Å². The van der Waals surface area contributed by atoms with E-state index in [9.17, 15) is 0 Å². The molecule has 0 unspecified atom stereocenters. The second kappa shape index (κ2) is 8.33. The predicted octanol–water partition coefficient (Wildman–Crippen LogP) is 5.28. The van der Waals surface area contributed by atoms with Crippen LogP contribution in [0.5, 0.6) is 5.75 Å². The standard InChI is InChI=1S/C22H25ClN4O/c1-15(2)27-11-9-19(10-12-27)28-20-8-3-5-16-14-24-22(26-21(16)20)25-18-7-4-6-17(23)13-18/h3-8,13-15,19H,9-12H2,1-2H3,(H,24,25,26). The Morgan fingerprint density at radius 1 is 1.14 bits per heavy atom. The number of benzene rings is 2. The summed E-state index contributed by atoms with van der Waals surface area (Å²) < 4.78 is 6.36. The van der Waals surface area contributed by atoms with Crippen molar-refractivity contribution in [3.05, 3.63) is 53.7 Å². The first kappa shape index (κ1) is 19.0. The van der Waals surface area contributed by atoms with Gasteiger partial charge in [0, 0.05) is 41.4 Å². The summed E-state index contributed by atoms with van der Waals surface area (Å²) in [4.78, 5) is 11.6. The van der Waals surface area contributed by atoms with Crippen LogP contribution in [0.15, 0.2) is 48.7 Å². The van der Waals surface area contributed by atoms with Gasteiger partial charge >= 0.3 is 0 Å². The molecule has 0 amide bonds. The first-order valence-electron chi connectivity index (χ1n) is 9.77. The van der Waals surface area contributed by atoms with Crippen LogP contribution >= 0.6 is 11.6 Å². The average Bonchev–Trinajstić information content (AvgIpc) is 2.69. The van der Waals surface area contributed by atoms with E-state index in [0.29, 0.717) is 17.0 Å². The Kier molecular flexibility index (Phi) is 5.64. The highest BCUT2D eigenvalue weighted by Crippen LogP contribution is 2.28. The molecule has 146 valence electrons. The van der Waals surface area contributed by atoms with Gasteiger partial charge in [0.25, 0.3) is 0 Å². The van der Waals surface area contributed by atoms with E-state index in [0.717, 1.165) is 48.3 Å². The normalized spacial score (nSPS) is 15.9. The number of nitrogens with zero attached hydrogens (tertiary/aromatic N) is 3. The number of halogens is 1. The third kappa shape index (κ3) is 4.37. The number of ether oxygens (including phenoxy) is 1. The molecule has 0 spiro atoms. The topological polar surface area (TPSA) is 50.3 Å². The van der Waals surface area contributed by atoms with E-state index < -0.39 is 0 Å². The molecule has 0 atom stereocenters. The van der Waals surface area contributed by atoms with Crippen molar-refractivity contribution < 1.29 is 4.74 Å². The molecule has 2 aromatic carbocycles. The molecule has 1 fully saturated rings. The fourth-order valence-corrected chi connectivity index (χ4v) is 3.76. The Morgan fingerprint density at radius 2 is 1.93 bits per heavy atom. The fourth-order valence-electron chi connectivity index (χ4n) is 3.57. The number of nitrogens with one attached hydrogen (secondary N) is 1. The fraction of sp³-hybridized carbons (Fsp3) is 0.364. The zero-order chi connectivity index (χ0) is 19.5. The van der Waals surface area contributed by atoms with Crippen molar-refractivity contribution in [1.82, 2.24) is 14.9 Å². The van der Waals surface area contributed by atoms with Gasteiger partial charge in [-0.2, -0.15) is 0 Å². The molecule has 6 heteroatoms. The van der Waals surface area contributed by atoms with E-state index in [2.05, 4.69) is 29.0 Å². The lowest BCUT2D eigenvalue weighted by Crippen LogP contribution is -2.41. The van der Waals surface area contributed by atoms with Gasteiger partial charge in [-0.3, -0.25) is 0 Å². The van der Waals surface area contributed by atoms with Crippen LogP contribution in [0.2, 0.25) is 5.02 Å². The summed E-state index contributed by atoms with van der Waals surface area (Å²) in [6.45, 7) is 6.64. The summed E-state index contributed by atoms with van der Waals surface area (Å²) in [5, 5.41) is 4.85. The van der Waals surface area contributed by atoms with Crippen molar-refractivity contribution in [3.63, 3.8) is 0 Å². The predicted molar refractivity (Wildman–Crippen MR) is 115 cm³/mol. The molecule has 0 bridgehead atoms. The maximum atomic E-state index is 6.36. The molecule has 0 saturated carbocycles. The number of piperidine rings is 1. The second-order valence-corrected chi connectivity index (χ2v) is 7.91. The van der Waals surface area contributed by atoms with Crippen LogP contribution in [-0.2, 0) is 0 Å². The number of aromatic nitrogens is 2. The Bertz CT molecular complexity index is 954. The molecule has 1 aromatic heterocycles. The molecule has 5 nitrogen and oxygen atoms in total. The number of para-hydroxylation sites is 1. The van der Waals surface area contributed by atoms with Crippen LogP contribution in [0.1, 0.15) is 26.7 Å². The highest BCUT2D eigenvalue weighted by molar-refractivity contribution is 6.30. The zero-order valence-electron chi connectivity index (χ0n) is 16.2. The average molecular weight is 397 g/mol. The minimum Gasteiger partial charge on any atom is -0.488 e. The molecule has 1 aliphatic rings. The Labute approximate surface area is 170 Å². The summed E-state index contributed by atoms with van der Waals surface area (Å²) in [6.07, 6.45) is 4.11. The van der Waals surface area contributed by atoms with Gasteiger partial charge in [-0.25, -0.2) is 9.97 Å². The first-order valence-corrected chi connectivity index (χ1v) is 10.2. The third-order valence-corrected chi connectivity index (χ3v) is 5.39. The van der Waals surface area contributed by atoms with Gasteiger partial charge in [-0.05, 0) is 51.0 Å². The Hall–Kier alpha value is -2.37. The zero-order valence-corrected chi connectivity index (χ0v) is 17.0. The van der Waals surface area contributed by atoms with Crippen LogP contribution in [0.4, 0.5) is 11.6 Å². The number of hydrogen-bond acceptors (Lipinski definition) is 5. The maximum Gasteiger partial charge on any atom is 0.227 e. The van der Waals surface area contributed by atoms with Crippen molar-refractivity contribution in [2.24, 2.45) is 0 Å². The minimum absolute atomic E-state index is 0.222. The number of likely N-dealkylation sites (tertiary alicyclic amines) is 1. The van der Waals surface area contributed by atoms with E-state index in [-0.39, 0.29) is 6.10 Å². The van der Waals surface area contributed by atoms with E-state index in [4.69, 9.17) is 21.3 Å². The third-order valence-electron chi connectivity index (χ3n) is 5.16. The Balaban J connectivity index is 1.54. The maximum absolute atomic E-state index is 6.36. The summed E-state index contributed by atoms with van der Waals surface area (Å²) in [6, 6.07) is 14.1. The lowest BCUT2D eigenvalue weighted by molar-refractivity contribution is 0.0852. The van der Waals surface area contributed by atoms with Gasteiger partial charge in [0.1, 0.15) is 17.4 Å². The van der Waals surface area contributed by atoms with Crippen LogP contribution < -0.4 is 10.1 Å². The summed E-state index contributed by atoms with van der Waals surface area (Å²) in [5.41, 5.74) is 1.68. The lowest BCUT2D eigenvalue weighted by Gasteiger charge is -2.34. The van der Waals surface area contributed by atoms with Crippen LogP contribution in [-0.4, -0.2) is 40.1 Å². The van der Waals surface area contributed by atoms with Crippen molar-refractivity contribution >= 4 is 34.1 Å². The molecule has 2 heterocycles. The highest BCUT2D eigenvalue weighted by atomic mass is 35.5. The molecule has 4 rings (SSSR count). The Morgan fingerprint density at radius 3 is 2.68 bits per heavy atom. The number of fused-ring (bicyclic) bond motifs is 1. The largest absolute Gasteiger partial charge is 0.488 e. The van der Waals surface area contributed by atoms with Gasteiger partial charge < -0.3 is 15.0 Å². The lowest BCUT2D eigenvalue weighted by atomic mass is 10.1. The molecule has 1 saturated heterocycles. The highest BCUT2D eigenvalue weighted by Gasteiger charge is 2.22. The van der Waals surface area contributed by atoms with Crippen LogP contribution in [0, 0.1) is 0 Å². The van der Waals surface area contributed by atoms with Gasteiger partial charge in [0.15, 0.2) is 0 Å². The second-order valence-electron chi connectivity index (χ2n) is 7.47. The molecule has 0 aliphatic carbocycles. The van der Waals surface area contributed by atoms with Crippen molar-refractivity contribution in [3.8, 4) is 5.75 Å². The molecule has 3 aromatic rings. The van der Waals surface area contributed by atoms with E-state index in [1.165, 1.54) is 0 Å². The summed E-state index contributed by atoms with van der Waals surface area (Å²) in [5.74, 6) is 1.34. The van der Waals surface area contributed by atoms with Crippen molar-refractivity contribution in [2.45, 2.75) is 38.8 Å². The first-order chi connectivity index (χ1) is 13.6. The van der Waals surface area contributed by atoms with Gasteiger partial charge in [0.2, 0.25) is 5.95 Å². The minimum atomic E-state index is 0.222. The van der Waals surface area contributed by atoms with Crippen LogP contribution in [0.3, 0.4) is 0 Å². The van der Waals surface area contributed by atoms with E-state index in [1.807, 2.05) is 48.7 Å². The SMILES string of the molecule is CC(C)N1CCC(Oc2cccc3cnc(Nc4cccc(Cl)c4)nc23)CC1. The summed E-state index contributed by atoms with van der Waals surface area (Å²) >= 11 is 6.07. The van der Waals surface area contributed by atoms with E-state index in [1.54, 1.807) is 0 Å².